The van der Waals surface area contributed by atoms with Crippen molar-refractivity contribution in [1.82, 2.24) is 10.3 Å². The van der Waals surface area contributed by atoms with Crippen LogP contribution in [0.4, 0.5) is 0 Å². The van der Waals surface area contributed by atoms with Gasteiger partial charge in [-0.15, -0.1) is 11.3 Å². The number of rotatable bonds is 3. The van der Waals surface area contributed by atoms with Gasteiger partial charge in [0.1, 0.15) is 5.01 Å². The van der Waals surface area contributed by atoms with Gasteiger partial charge in [-0.05, 0) is 45.1 Å². The van der Waals surface area contributed by atoms with Gasteiger partial charge in [0.15, 0.2) is 0 Å². The molecule has 1 aliphatic heterocycles. The molecule has 0 saturated carbocycles. The Labute approximate surface area is 119 Å². The number of thiazole rings is 1. The maximum Gasteiger partial charge on any atom is 0.113 e. The van der Waals surface area contributed by atoms with Crippen molar-refractivity contribution in [3.8, 4) is 0 Å². The summed E-state index contributed by atoms with van der Waals surface area (Å²) in [5, 5.41) is 4.87. The summed E-state index contributed by atoms with van der Waals surface area (Å²) in [6, 6.07) is 0. The van der Waals surface area contributed by atoms with Gasteiger partial charge in [0, 0.05) is 11.5 Å². The molecule has 0 radical (unpaired) electrons. The van der Waals surface area contributed by atoms with Gasteiger partial charge in [0.25, 0.3) is 0 Å². The van der Waals surface area contributed by atoms with E-state index < -0.39 is 0 Å². The van der Waals surface area contributed by atoms with E-state index in [1.54, 1.807) is 0 Å². The zero-order valence-corrected chi connectivity index (χ0v) is 13.0. The van der Waals surface area contributed by atoms with Gasteiger partial charge in [0.05, 0.1) is 17.3 Å². The van der Waals surface area contributed by atoms with E-state index in [9.17, 15) is 0 Å². The first-order chi connectivity index (χ1) is 9.14. The lowest BCUT2D eigenvalue weighted by Gasteiger charge is -2.41. The highest BCUT2D eigenvalue weighted by molar-refractivity contribution is 7.12. The molecule has 0 amide bonds. The summed E-state index contributed by atoms with van der Waals surface area (Å²) in [6.07, 6.45) is 6.14. The molecule has 19 heavy (non-hydrogen) atoms. The van der Waals surface area contributed by atoms with Crippen LogP contribution in [0.15, 0.2) is 0 Å². The van der Waals surface area contributed by atoms with Gasteiger partial charge in [-0.1, -0.05) is 13.8 Å². The maximum atomic E-state index is 5.93. The minimum Gasteiger partial charge on any atom is -0.378 e. The zero-order chi connectivity index (χ0) is 13.5. The summed E-state index contributed by atoms with van der Waals surface area (Å²) >= 11 is 1.94. The van der Waals surface area contributed by atoms with E-state index in [1.165, 1.54) is 34.8 Å². The second kappa shape index (κ2) is 5.15. The predicted molar refractivity (Wildman–Crippen MR) is 78.7 cm³/mol. The Morgan fingerprint density at radius 1 is 1.42 bits per heavy atom. The fourth-order valence-electron chi connectivity index (χ4n) is 3.24. The number of hydrogen-bond donors (Lipinski definition) is 1. The molecule has 1 saturated heterocycles. The first kappa shape index (κ1) is 13.5. The number of nitrogens with one attached hydrogen (secondary N) is 1. The summed E-state index contributed by atoms with van der Waals surface area (Å²) in [4.78, 5) is 6.48. The fraction of sp³-hybridized carbons (Fsp3) is 0.800. The molecule has 3 rings (SSSR count). The van der Waals surface area contributed by atoms with Gasteiger partial charge in [-0.2, -0.15) is 0 Å². The third-order valence-corrected chi connectivity index (χ3v) is 6.00. The molecule has 2 heterocycles. The monoisotopic (exact) mass is 280 g/mol. The van der Waals surface area contributed by atoms with Crippen LogP contribution in [0, 0.1) is 5.92 Å². The topological polar surface area (TPSA) is 34.2 Å². The smallest absolute Gasteiger partial charge is 0.113 e. The van der Waals surface area contributed by atoms with E-state index in [0.717, 1.165) is 19.4 Å². The molecule has 0 spiro atoms. The van der Waals surface area contributed by atoms with Crippen molar-refractivity contribution in [2.75, 3.05) is 13.7 Å². The van der Waals surface area contributed by atoms with Crippen LogP contribution in [0.5, 0.6) is 0 Å². The van der Waals surface area contributed by atoms with Gasteiger partial charge in [-0.3, -0.25) is 0 Å². The Balaban J connectivity index is 1.89. The third-order valence-electron chi connectivity index (χ3n) is 4.64. The van der Waals surface area contributed by atoms with Gasteiger partial charge in [-0.25, -0.2) is 4.98 Å². The molecule has 2 atom stereocenters. The molecule has 0 bridgehead atoms. The maximum absolute atomic E-state index is 5.93. The highest BCUT2D eigenvalue weighted by atomic mass is 32.1. The Morgan fingerprint density at radius 2 is 2.26 bits per heavy atom. The first-order valence-corrected chi connectivity index (χ1v) is 8.26. The number of fused-ring (bicyclic) bond motifs is 1. The summed E-state index contributed by atoms with van der Waals surface area (Å²) in [5.74, 6) is 0.569. The van der Waals surface area contributed by atoms with Crippen molar-refractivity contribution in [2.24, 2.45) is 5.92 Å². The molecule has 1 fully saturated rings. The van der Waals surface area contributed by atoms with Crippen LogP contribution in [0.1, 0.15) is 48.7 Å². The van der Waals surface area contributed by atoms with Crippen molar-refractivity contribution in [3.05, 3.63) is 15.6 Å². The number of aryl methyl sites for hydroxylation is 2. The molecule has 3 nitrogen and oxygen atoms in total. The van der Waals surface area contributed by atoms with E-state index in [-0.39, 0.29) is 5.54 Å². The molecular formula is C15H24N2OS. The predicted octanol–water partition coefficient (Wildman–Crippen LogP) is 2.88. The molecule has 1 aromatic rings. The number of hydrogen-bond acceptors (Lipinski definition) is 4. The average Bonchev–Trinajstić information content (AvgIpc) is 2.99. The second-order valence-electron chi connectivity index (χ2n) is 6.18. The quantitative estimate of drug-likeness (QED) is 0.924. The molecule has 0 aromatic carbocycles. The number of aromatic nitrogens is 1. The molecule has 2 unspecified atom stereocenters. The molecule has 2 aliphatic rings. The van der Waals surface area contributed by atoms with Crippen LogP contribution in [0.2, 0.25) is 0 Å². The van der Waals surface area contributed by atoms with E-state index >= 15 is 0 Å². The number of nitrogens with zero attached hydrogens (tertiary/aromatic N) is 1. The summed E-state index contributed by atoms with van der Waals surface area (Å²) in [7, 11) is 2.08. The lowest BCUT2D eigenvalue weighted by atomic mass is 9.84. The van der Waals surface area contributed by atoms with Crippen molar-refractivity contribution >= 4 is 11.3 Å². The van der Waals surface area contributed by atoms with E-state index in [4.69, 9.17) is 9.72 Å². The lowest BCUT2D eigenvalue weighted by molar-refractivity contribution is -0.0517. The first-order valence-electron chi connectivity index (χ1n) is 7.44. The van der Waals surface area contributed by atoms with Crippen LogP contribution in [-0.2, 0) is 23.1 Å². The Morgan fingerprint density at radius 3 is 2.95 bits per heavy atom. The Bertz CT molecular complexity index is 435. The molecule has 1 aromatic heterocycles. The summed E-state index contributed by atoms with van der Waals surface area (Å²) < 4.78 is 5.93. The lowest BCUT2D eigenvalue weighted by Crippen LogP contribution is -2.49. The van der Waals surface area contributed by atoms with Crippen molar-refractivity contribution in [1.29, 1.82) is 0 Å². The van der Waals surface area contributed by atoms with Gasteiger partial charge >= 0.3 is 0 Å². The van der Waals surface area contributed by atoms with E-state index in [0.29, 0.717) is 12.0 Å². The van der Waals surface area contributed by atoms with Crippen LogP contribution < -0.4 is 5.32 Å². The summed E-state index contributed by atoms with van der Waals surface area (Å²) in [6.45, 7) is 5.34. The largest absolute Gasteiger partial charge is 0.378 e. The SMILES string of the molecule is CNC1(c2nc3c(s2)CCC3)CCOC(C(C)C)C1. The minimum absolute atomic E-state index is 0.0438. The molecular weight excluding hydrogens is 256 g/mol. The van der Waals surface area contributed by atoms with Gasteiger partial charge in [0.2, 0.25) is 0 Å². The fourth-order valence-corrected chi connectivity index (χ4v) is 4.62. The zero-order valence-electron chi connectivity index (χ0n) is 12.2. The molecule has 1 N–H and O–H groups in total. The number of ether oxygens (including phenoxy) is 1. The second-order valence-corrected chi connectivity index (χ2v) is 7.27. The molecule has 1 aliphatic carbocycles. The van der Waals surface area contributed by atoms with Crippen molar-refractivity contribution in [2.45, 2.75) is 57.6 Å². The van der Waals surface area contributed by atoms with E-state index in [2.05, 4.69) is 26.2 Å². The van der Waals surface area contributed by atoms with Crippen LogP contribution in [0.3, 0.4) is 0 Å². The highest BCUT2D eigenvalue weighted by Crippen LogP contribution is 2.41. The van der Waals surface area contributed by atoms with Crippen LogP contribution >= 0.6 is 11.3 Å². The van der Waals surface area contributed by atoms with Crippen LogP contribution in [-0.4, -0.2) is 24.7 Å². The summed E-state index contributed by atoms with van der Waals surface area (Å²) in [5.41, 5.74) is 1.41. The Hall–Kier alpha value is -0.450. The minimum atomic E-state index is 0.0438. The Kier molecular flexibility index (Phi) is 3.67. The van der Waals surface area contributed by atoms with Crippen LogP contribution in [0.25, 0.3) is 0 Å². The van der Waals surface area contributed by atoms with Gasteiger partial charge < -0.3 is 10.1 Å². The van der Waals surface area contributed by atoms with E-state index in [1.807, 2.05) is 11.3 Å². The molecule has 4 heteroatoms. The van der Waals surface area contributed by atoms with Crippen molar-refractivity contribution in [3.63, 3.8) is 0 Å². The van der Waals surface area contributed by atoms with Crippen molar-refractivity contribution < 1.29 is 4.74 Å². The third kappa shape index (κ3) is 2.34. The molecule has 106 valence electrons. The average molecular weight is 280 g/mol. The highest BCUT2D eigenvalue weighted by Gasteiger charge is 2.41. The standard InChI is InChI=1S/C15H24N2OS/c1-10(2)12-9-15(16-3,7-8-18-12)14-17-11-5-4-6-13(11)19-14/h10,12,16H,4-9H2,1-3H3. The normalized spacial score (nSPS) is 30.8.